The van der Waals surface area contributed by atoms with E-state index in [-0.39, 0.29) is 19.4 Å². The predicted octanol–water partition coefficient (Wildman–Crippen LogP) is 3.28. The van der Waals surface area contributed by atoms with Crippen LogP contribution in [-0.4, -0.2) is 12.8 Å². The van der Waals surface area contributed by atoms with Crippen molar-refractivity contribution in [3.8, 4) is 11.8 Å². The molecule has 5 heteroatoms. The van der Waals surface area contributed by atoms with Gasteiger partial charge in [0.25, 0.3) is 0 Å². The predicted molar refractivity (Wildman–Crippen MR) is 54.4 cm³/mol. The Morgan fingerprint density at radius 2 is 2.06 bits per heavy atom. The van der Waals surface area contributed by atoms with Crippen LogP contribution in [0, 0.1) is 16.7 Å². The second kappa shape index (κ2) is 3.95. The Hall–Kier alpha value is -1.70. The zero-order chi connectivity index (χ0) is 12.5. The molecule has 0 unspecified atom stereocenters. The minimum absolute atomic E-state index is 0.119. The highest BCUT2D eigenvalue weighted by Crippen LogP contribution is 2.57. The molecule has 2 rings (SSSR count). The van der Waals surface area contributed by atoms with Crippen LogP contribution in [0.4, 0.5) is 13.2 Å². The van der Waals surface area contributed by atoms with Crippen LogP contribution in [0.25, 0.3) is 0 Å². The van der Waals surface area contributed by atoms with Gasteiger partial charge in [0.05, 0.1) is 11.6 Å². The van der Waals surface area contributed by atoms with Crippen molar-refractivity contribution < 1.29 is 17.9 Å². The molecule has 1 aromatic rings. The normalized spacial score (nSPS) is 17.3. The van der Waals surface area contributed by atoms with Crippen molar-refractivity contribution in [3.05, 3.63) is 29.8 Å². The van der Waals surface area contributed by atoms with Gasteiger partial charge in [0.2, 0.25) is 0 Å². The Balaban J connectivity index is 2.01. The number of rotatable bonds is 3. The number of nitriles is 1. The number of ether oxygens (including phenoxy) is 1. The number of hydrogen-bond donors (Lipinski definition) is 0. The molecular formula is C12H10F3NO. The van der Waals surface area contributed by atoms with E-state index in [9.17, 15) is 13.2 Å². The van der Waals surface area contributed by atoms with Gasteiger partial charge in [-0.15, -0.1) is 0 Å². The van der Waals surface area contributed by atoms with E-state index >= 15 is 0 Å². The molecular weight excluding hydrogens is 231 g/mol. The Morgan fingerprint density at radius 3 is 2.59 bits per heavy atom. The summed E-state index contributed by atoms with van der Waals surface area (Å²) in [5.74, 6) is 0.305. The summed E-state index contributed by atoms with van der Waals surface area (Å²) in [5, 5.41) is 8.65. The van der Waals surface area contributed by atoms with Crippen LogP contribution >= 0.6 is 0 Å². The average molecular weight is 241 g/mol. The smallest absolute Gasteiger partial charge is 0.397 e. The molecule has 0 amide bonds. The molecule has 90 valence electrons. The number of hydrogen-bond acceptors (Lipinski definition) is 2. The van der Waals surface area contributed by atoms with Crippen LogP contribution in [0.15, 0.2) is 24.3 Å². The van der Waals surface area contributed by atoms with E-state index < -0.39 is 11.6 Å². The second-order valence-electron chi connectivity index (χ2n) is 4.21. The summed E-state index contributed by atoms with van der Waals surface area (Å²) in [4.78, 5) is 0. The van der Waals surface area contributed by atoms with Gasteiger partial charge < -0.3 is 4.74 Å². The molecule has 0 spiro atoms. The van der Waals surface area contributed by atoms with Crippen molar-refractivity contribution in [2.24, 2.45) is 5.41 Å². The molecule has 0 heterocycles. The van der Waals surface area contributed by atoms with E-state index in [0.29, 0.717) is 11.3 Å². The fourth-order valence-corrected chi connectivity index (χ4v) is 1.54. The van der Waals surface area contributed by atoms with E-state index in [2.05, 4.69) is 0 Å². The van der Waals surface area contributed by atoms with Crippen molar-refractivity contribution in [2.75, 3.05) is 6.61 Å². The lowest BCUT2D eigenvalue weighted by Gasteiger charge is -2.19. The molecule has 1 fully saturated rings. The SMILES string of the molecule is N#Cc1cccc(OCC2(C(F)(F)F)CC2)c1. The second-order valence-corrected chi connectivity index (χ2v) is 4.21. The van der Waals surface area contributed by atoms with Gasteiger partial charge in [0.15, 0.2) is 0 Å². The van der Waals surface area contributed by atoms with Gasteiger partial charge in [0, 0.05) is 0 Å². The maximum Gasteiger partial charge on any atom is 0.397 e. The molecule has 0 radical (unpaired) electrons. The molecule has 0 bridgehead atoms. The van der Waals surface area contributed by atoms with Crippen LogP contribution < -0.4 is 4.74 Å². The molecule has 2 nitrogen and oxygen atoms in total. The summed E-state index contributed by atoms with van der Waals surface area (Å²) in [7, 11) is 0. The molecule has 1 aromatic carbocycles. The Morgan fingerprint density at radius 1 is 1.35 bits per heavy atom. The van der Waals surface area contributed by atoms with Gasteiger partial charge in [-0.1, -0.05) is 6.07 Å². The number of alkyl halides is 3. The molecule has 0 N–H and O–H groups in total. The summed E-state index contributed by atoms with van der Waals surface area (Å²) in [6.45, 7) is -0.370. The van der Waals surface area contributed by atoms with Crippen LogP contribution in [0.1, 0.15) is 18.4 Å². The molecule has 1 aliphatic carbocycles. The van der Waals surface area contributed by atoms with Crippen molar-refractivity contribution in [3.63, 3.8) is 0 Å². The Kier molecular flexibility index (Phi) is 2.74. The molecule has 0 atom stereocenters. The van der Waals surface area contributed by atoms with Gasteiger partial charge in [0.1, 0.15) is 17.8 Å². The lowest BCUT2D eigenvalue weighted by atomic mass is 10.1. The molecule has 17 heavy (non-hydrogen) atoms. The number of halogens is 3. The van der Waals surface area contributed by atoms with Crippen LogP contribution in [0.3, 0.4) is 0 Å². The third kappa shape index (κ3) is 2.36. The van der Waals surface area contributed by atoms with Gasteiger partial charge in [-0.2, -0.15) is 18.4 Å². The largest absolute Gasteiger partial charge is 0.493 e. The fourth-order valence-electron chi connectivity index (χ4n) is 1.54. The number of benzene rings is 1. The third-order valence-corrected chi connectivity index (χ3v) is 2.93. The molecule has 0 saturated heterocycles. The maximum atomic E-state index is 12.6. The highest BCUT2D eigenvalue weighted by atomic mass is 19.4. The van der Waals surface area contributed by atoms with Gasteiger partial charge in [-0.25, -0.2) is 0 Å². The van der Waals surface area contributed by atoms with E-state index in [1.165, 1.54) is 6.07 Å². The summed E-state index contributed by atoms with van der Waals surface area (Å²) in [6.07, 6.45) is -3.97. The molecule has 0 aliphatic heterocycles. The quantitative estimate of drug-likeness (QED) is 0.813. The summed E-state index contributed by atoms with van der Waals surface area (Å²) in [5.41, 5.74) is -1.30. The highest BCUT2D eigenvalue weighted by Gasteiger charge is 2.63. The van der Waals surface area contributed by atoms with E-state index in [1.54, 1.807) is 18.2 Å². The lowest BCUT2D eigenvalue weighted by molar-refractivity contribution is -0.194. The zero-order valence-electron chi connectivity index (χ0n) is 8.92. The van der Waals surface area contributed by atoms with Crippen molar-refractivity contribution in [1.82, 2.24) is 0 Å². The lowest BCUT2D eigenvalue weighted by Crippen LogP contribution is -2.30. The van der Waals surface area contributed by atoms with E-state index in [4.69, 9.17) is 10.00 Å². The van der Waals surface area contributed by atoms with Crippen LogP contribution in [0.5, 0.6) is 5.75 Å². The summed E-state index contributed by atoms with van der Waals surface area (Å²) >= 11 is 0. The molecule has 1 aliphatic rings. The Bertz CT molecular complexity index is 458. The maximum absolute atomic E-state index is 12.6. The first-order valence-corrected chi connectivity index (χ1v) is 5.17. The fraction of sp³-hybridized carbons (Fsp3) is 0.417. The van der Waals surface area contributed by atoms with E-state index in [1.807, 2.05) is 6.07 Å². The summed E-state index contributed by atoms with van der Waals surface area (Å²) < 4.78 is 43.0. The standard InChI is InChI=1S/C12H10F3NO/c13-12(14,15)11(4-5-11)8-17-10-3-1-2-9(6-10)7-16/h1-3,6H,4-5,8H2. The van der Waals surface area contributed by atoms with Gasteiger partial charge in [-0.05, 0) is 31.0 Å². The van der Waals surface area contributed by atoms with Crippen LogP contribution in [-0.2, 0) is 0 Å². The first-order chi connectivity index (χ1) is 7.97. The summed E-state index contributed by atoms with van der Waals surface area (Å²) in [6, 6.07) is 8.05. The van der Waals surface area contributed by atoms with Gasteiger partial charge >= 0.3 is 6.18 Å². The van der Waals surface area contributed by atoms with Crippen molar-refractivity contribution >= 4 is 0 Å². The Labute approximate surface area is 96.6 Å². The minimum atomic E-state index is -4.21. The average Bonchev–Trinajstić information content (AvgIpc) is 3.07. The molecule has 0 aromatic heterocycles. The van der Waals surface area contributed by atoms with E-state index in [0.717, 1.165) is 0 Å². The highest BCUT2D eigenvalue weighted by molar-refractivity contribution is 5.36. The van der Waals surface area contributed by atoms with Crippen molar-refractivity contribution in [1.29, 1.82) is 5.26 Å². The monoisotopic (exact) mass is 241 g/mol. The first-order valence-electron chi connectivity index (χ1n) is 5.17. The minimum Gasteiger partial charge on any atom is -0.493 e. The van der Waals surface area contributed by atoms with Gasteiger partial charge in [-0.3, -0.25) is 0 Å². The first kappa shape index (κ1) is 11.8. The van der Waals surface area contributed by atoms with Crippen LogP contribution in [0.2, 0.25) is 0 Å². The third-order valence-electron chi connectivity index (χ3n) is 2.93. The van der Waals surface area contributed by atoms with Crippen molar-refractivity contribution in [2.45, 2.75) is 19.0 Å². The molecule has 1 saturated carbocycles. The number of nitrogens with zero attached hydrogens (tertiary/aromatic N) is 1. The zero-order valence-corrected chi connectivity index (χ0v) is 8.92. The topological polar surface area (TPSA) is 33.0 Å².